The van der Waals surface area contributed by atoms with Gasteiger partial charge in [0.25, 0.3) is 0 Å². The fourth-order valence-corrected chi connectivity index (χ4v) is 4.65. The van der Waals surface area contributed by atoms with Crippen molar-refractivity contribution >= 4 is 27.2 Å². The van der Waals surface area contributed by atoms with Crippen molar-refractivity contribution in [2.75, 3.05) is 7.11 Å². The Balaban J connectivity index is 2.08. The average Bonchev–Trinajstić information content (AvgIpc) is 2.93. The predicted octanol–water partition coefficient (Wildman–Crippen LogP) is 4.78. The molecule has 1 aliphatic rings. The number of hydrogen-bond acceptors (Lipinski definition) is 3. The molecule has 0 radical (unpaired) electrons. The van der Waals surface area contributed by atoms with Crippen LogP contribution in [0.1, 0.15) is 40.2 Å². The van der Waals surface area contributed by atoms with Gasteiger partial charge in [-0.3, -0.25) is 4.79 Å². The Morgan fingerprint density at radius 2 is 1.86 bits per heavy atom. The van der Waals surface area contributed by atoms with Crippen LogP contribution in [0, 0.1) is 0 Å². The van der Waals surface area contributed by atoms with E-state index in [0.717, 1.165) is 32.7 Å². The van der Waals surface area contributed by atoms with Gasteiger partial charge in [-0.25, -0.2) is 0 Å². The lowest BCUT2D eigenvalue weighted by Gasteiger charge is -2.32. The SMILES string of the molecule is COc1ccc2c(c1)C(C)(C)c1sc3ccccc3c1C2=O. The van der Waals surface area contributed by atoms with Crippen molar-refractivity contribution in [3.8, 4) is 5.75 Å². The summed E-state index contributed by atoms with van der Waals surface area (Å²) in [5.74, 6) is 0.925. The highest BCUT2D eigenvalue weighted by atomic mass is 32.1. The topological polar surface area (TPSA) is 26.3 Å². The number of benzene rings is 2. The Kier molecular flexibility index (Phi) is 2.73. The number of ketones is 1. The minimum Gasteiger partial charge on any atom is -0.497 e. The molecule has 1 heterocycles. The molecule has 2 aromatic carbocycles. The molecular weight excluding hydrogens is 292 g/mol. The van der Waals surface area contributed by atoms with Crippen molar-refractivity contribution in [2.45, 2.75) is 19.3 Å². The van der Waals surface area contributed by atoms with Crippen LogP contribution in [-0.2, 0) is 5.41 Å². The molecule has 0 saturated heterocycles. The van der Waals surface area contributed by atoms with Crippen molar-refractivity contribution in [2.24, 2.45) is 0 Å². The second-order valence-corrected chi connectivity index (χ2v) is 7.22. The van der Waals surface area contributed by atoms with Crippen molar-refractivity contribution < 1.29 is 9.53 Å². The molecular formula is C19H16O2S. The molecule has 0 aliphatic heterocycles. The fraction of sp³-hybridized carbons (Fsp3) is 0.211. The molecule has 0 N–H and O–H groups in total. The third-order valence-electron chi connectivity index (χ3n) is 4.53. The Morgan fingerprint density at radius 1 is 1.09 bits per heavy atom. The Morgan fingerprint density at radius 3 is 2.64 bits per heavy atom. The summed E-state index contributed by atoms with van der Waals surface area (Å²) in [7, 11) is 1.66. The highest BCUT2D eigenvalue weighted by Gasteiger charge is 2.39. The summed E-state index contributed by atoms with van der Waals surface area (Å²) in [5.41, 5.74) is 2.53. The lowest BCUT2D eigenvalue weighted by molar-refractivity contribution is 0.103. The van der Waals surface area contributed by atoms with E-state index < -0.39 is 0 Å². The standard InChI is InChI=1S/C19H16O2S/c1-19(2)14-10-11(21-3)8-9-12(14)17(20)16-13-6-4-5-7-15(13)22-18(16)19/h4-10H,1-3H3. The zero-order valence-corrected chi connectivity index (χ0v) is 13.6. The van der Waals surface area contributed by atoms with E-state index in [2.05, 4.69) is 19.9 Å². The number of carbonyl (C=O) groups excluding carboxylic acids is 1. The van der Waals surface area contributed by atoms with Gasteiger partial charge in [-0.15, -0.1) is 11.3 Å². The van der Waals surface area contributed by atoms with E-state index in [4.69, 9.17) is 4.74 Å². The zero-order chi connectivity index (χ0) is 15.5. The molecule has 0 atom stereocenters. The highest BCUT2D eigenvalue weighted by molar-refractivity contribution is 7.19. The highest BCUT2D eigenvalue weighted by Crippen LogP contribution is 2.48. The van der Waals surface area contributed by atoms with Crippen LogP contribution in [0.2, 0.25) is 0 Å². The number of carbonyl (C=O) groups is 1. The summed E-state index contributed by atoms with van der Waals surface area (Å²) >= 11 is 1.73. The largest absolute Gasteiger partial charge is 0.497 e. The van der Waals surface area contributed by atoms with Crippen LogP contribution in [0.3, 0.4) is 0 Å². The molecule has 0 unspecified atom stereocenters. The third-order valence-corrected chi connectivity index (χ3v) is 6.03. The van der Waals surface area contributed by atoms with Crippen molar-refractivity contribution in [3.63, 3.8) is 0 Å². The van der Waals surface area contributed by atoms with Gasteiger partial charge in [0, 0.05) is 31.5 Å². The summed E-state index contributed by atoms with van der Waals surface area (Å²) in [4.78, 5) is 14.2. The summed E-state index contributed by atoms with van der Waals surface area (Å²) in [5, 5.41) is 1.07. The van der Waals surface area contributed by atoms with E-state index in [0.29, 0.717) is 0 Å². The maximum Gasteiger partial charge on any atom is 0.195 e. The van der Waals surface area contributed by atoms with E-state index in [1.165, 1.54) is 4.70 Å². The molecule has 4 rings (SSSR count). The van der Waals surface area contributed by atoms with Gasteiger partial charge >= 0.3 is 0 Å². The molecule has 0 bridgehead atoms. The van der Waals surface area contributed by atoms with Crippen LogP contribution >= 0.6 is 11.3 Å². The number of thiophene rings is 1. The number of ether oxygens (including phenoxy) is 1. The summed E-state index contributed by atoms with van der Waals surface area (Å²) in [6, 6.07) is 13.9. The lowest BCUT2D eigenvalue weighted by atomic mass is 9.72. The first-order valence-electron chi connectivity index (χ1n) is 7.29. The Hall–Kier alpha value is -2.13. The smallest absolute Gasteiger partial charge is 0.195 e. The predicted molar refractivity (Wildman–Crippen MR) is 90.4 cm³/mol. The number of hydrogen-bond donors (Lipinski definition) is 0. The van der Waals surface area contributed by atoms with Crippen LogP contribution in [0.4, 0.5) is 0 Å². The van der Waals surface area contributed by atoms with Crippen molar-refractivity contribution in [3.05, 3.63) is 64.0 Å². The van der Waals surface area contributed by atoms with E-state index in [1.807, 2.05) is 36.4 Å². The maximum absolute atomic E-state index is 13.0. The van der Waals surface area contributed by atoms with Gasteiger partial charge < -0.3 is 4.74 Å². The van der Waals surface area contributed by atoms with Gasteiger partial charge in [0.15, 0.2) is 5.78 Å². The maximum atomic E-state index is 13.0. The van der Waals surface area contributed by atoms with Gasteiger partial charge in [0.1, 0.15) is 5.75 Å². The van der Waals surface area contributed by atoms with E-state index in [-0.39, 0.29) is 11.2 Å². The molecule has 3 aromatic rings. The van der Waals surface area contributed by atoms with E-state index in [9.17, 15) is 4.79 Å². The molecule has 0 amide bonds. The molecule has 0 saturated carbocycles. The van der Waals surface area contributed by atoms with Crippen LogP contribution < -0.4 is 4.74 Å². The summed E-state index contributed by atoms with van der Waals surface area (Å²) < 4.78 is 6.52. The van der Waals surface area contributed by atoms with Gasteiger partial charge in [-0.2, -0.15) is 0 Å². The zero-order valence-electron chi connectivity index (χ0n) is 12.8. The normalized spacial score (nSPS) is 15.5. The minimum atomic E-state index is -0.198. The van der Waals surface area contributed by atoms with Crippen molar-refractivity contribution in [1.82, 2.24) is 0 Å². The van der Waals surface area contributed by atoms with Gasteiger partial charge in [-0.05, 0) is 29.8 Å². The molecule has 2 nitrogen and oxygen atoms in total. The first-order valence-corrected chi connectivity index (χ1v) is 8.11. The summed E-state index contributed by atoms with van der Waals surface area (Å²) in [6.07, 6.45) is 0. The molecule has 1 aromatic heterocycles. The van der Waals surface area contributed by atoms with Gasteiger partial charge in [0.2, 0.25) is 0 Å². The van der Waals surface area contributed by atoms with Crippen LogP contribution in [0.15, 0.2) is 42.5 Å². The van der Waals surface area contributed by atoms with E-state index in [1.54, 1.807) is 18.4 Å². The minimum absolute atomic E-state index is 0.129. The molecule has 0 fully saturated rings. The molecule has 1 aliphatic carbocycles. The monoisotopic (exact) mass is 308 g/mol. The van der Waals surface area contributed by atoms with Crippen LogP contribution in [-0.4, -0.2) is 12.9 Å². The average molecular weight is 308 g/mol. The summed E-state index contributed by atoms with van der Waals surface area (Å²) in [6.45, 7) is 4.37. The molecule has 22 heavy (non-hydrogen) atoms. The second-order valence-electron chi connectivity index (χ2n) is 6.17. The van der Waals surface area contributed by atoms with Gasteiger partial charge in [-0.1, -0.05) is 32.0 Å². The Labute approximate surface area is 133 Å². The third kappa shape index (κ3) is 1.63. The number of methoxy groups -OCH3 is 1. The van der Waals surface area contributed by atoms with Crippen LogP contribution in [0.5, 0.6) is 5.75 Å². The first kappa shape index (κ1) is 13.5. The number of rotatable bonds is 1. The molecule has 0 spiro atoms. The quantitative estimate of drug-likeness (QED) is 0.646. The molecule has 110 valence electrons. The lowest BCUT2D eigenvalue weighted by Crippen LogP contribution is -2.28. The van der Waals surface area contributed by atoms with Gasteiger partial charge in [0.05, 0.1) is 7.11 Å². The second kappa shape index (κ2) is 4.43. The fourth-order valence-electron chi connectivity index (χ4n) is 3.33. The first-order chi connectivity index (χ1) is 10.5. The number of fused-ring (bicyclic) bond motifs is 4. The van der Waals surface area contributed by atoms with E-state index >= 15 is 0 Å². The molecule has 3 heteroatoms. The Bertz CT molecular complexity index is 918. The van der Waals surface area contributed by atoms with Crippen molar-refractivity contribution in [1.29, 1.82) is 0 Å². The van der Waals surface area contributed by atoms with Crippen LogP contribution in [0.25, 0.3) is 10.1 Å².